The minimum atomic E-state index is -0.784. The first-order chi connectivity index (χ1) is 38.0. The quantitative estimate of drug-likeness (QED) is 0.0261. The van der Waals surface area contributed by atoms with Crippen LogP contribution in [0.5, 0.6) is 0 Å². The number of carbonyl (C=O) groups is 3. The Kier molecular flexibility index (Phi) is 62.2. The first-order valence-corrected chi connectivity index (χ1v) is 33.1. The molecule has 6 heteroatoms. The third kappa shape index (κ3) is 63.3. The second kappa shape index (κ2) is 65.1. The van der Waals surface area contributed by atoms with Crippen LogP contribution in [0.3, 0.4) is 0 Å². The highest BCUT2D eigenvalue weighted by atomic mass is 16.6. The van der Waals surface area contributed by atoms with Crippen LogP contribution in [0.4, 0.5) is 0 Å². The minimum absolute atomic E-state index is 0.0788. The summed E-state index contributed by atoms with van der Waals surface area (Å²) in [5, 5.41) is 0. The van der Waals surface area contributed by atoms with Crippen LogP contribution in [0.15, 0.2) is 85.1 Å². The molecule has 0 fully saturated rings. The van der Waals surface area contributed by atoms with Crippen molar-refractivity contribution in [1.29, 1.82) is 0 Å². The fourth-order valence-corrected chi connectivity index (χ4v) is 9.44. The van der Waals surface area contributed by atoms with E-state index in [0.717, 1.165) is 103 Å². The van der Waals surface area contributed by atoms with Gasteiger partial charge in [-0.3, -0.25) is 14.4 Å². The molecule has 0 radical (unpaired) electrons. The molecule has 0 rings (SSSR count). The SMILES string of the molecule is CC/C=C\C/C=C\C/C=C\C/C=C\C/C=C\CCCCCCCCCC(=O)OCC(COC(=O)CCCCCCCCCCCCCCCCC)OC(=O)CCCCCCCCCCC/C=C\C/C=C\CCCCCCC. The Labute approximate surface area is 477 Å². The van der Waals surface area contributed by atoms with E-state index in [1.54, 1.807) is 0 Å². The summed E-state index contributed by atoms with van der Waals surface area (Å²) in [4.78, 5) is 38.4. The number of esters is 3. The topological polar surface area (TPSA) is 78.9 Å². The van der Waals surface area contributed by atoms with Crippen molar-refractivity contribution in [1.82, 2.24) is 0 Å². The van der Waals surface area contributed by atoms with Crippen LogP contribution in [-0.2, 0) is 28.6 Å². The van der Waals surface area contributed by atoms with E-state index in [4.69, 9.17) is 14.2 Å². The van der Waals surface area contributed by atoms with Gasteiger partial charge in [0.2, 0.25) is 0 Å². The minimum Gasteiger partial charge on any atom is -0.462 e. The van der Waals surface area contributed by atoms with E-state index in [9.17, 15) is 14.4 Å². The lowest BCUT2D eigenvalue weighted by Crippen LogP contribution is -2.30. The molecule has 1 atom stereocenters. The van der Waals surface area contributed by atoms with Gasteiger partial charge in [0.05, 0.1) is 0 Å². The third-order valence-corrected chi connectivity index (χ3v) is 14.4. The zero-order chi connectivity index (χ0) is 55.7. The molecule has 444 valence electrons. The summed E-state index contributed by atoms with van der Waals surface area (Å²) in [6, 6.07) is 0. The molecule has 0 amide bonds. The Bertz CT molecular complexity index is 1470. The number of rotatable bonds is 60. The lowest BCUT2D eigenvalue weighted by molar-refractivity contribution is -0.167. The Hall–Kier alpha value is -3.41. The maximum absolute atomic E-state index is 12.9. The molecule has 0 N–H and O–H groups in total. The van der Waals surface area contributed by atoms with Crippen LogP contribution in [0.2, 0.25) is 0 Å². The van der Waals surface area contributed by atoms with Crippen LogP contribution in [-0.4, -0.2) is 37.2 Å². The smallest absolute Gasteiger partial charge is 0.306 e. The summed E-state index contributed by atoms with van der Waals surface area (Å²) in [6.45, 7) is 6.55. The number of ether oxygens (including phenoxy) is 3. The van der Waals surface area contributed by atoms with E-state index in [2.05, 4.69) is 106 Å². The highest BCUT2D eigenvalue weighted by molar-refractivity contribution is 5.71. The van der Waals surface area contributed by atoms with Crippen molar-refractivity contribution in [3.8, 4) is 0 Å². The highest BCUT2D eigenvalue weighted by Gasteiger charge is 2.19. The maximum atomic E-state index is 12.9. The first-order valence-electron chi connectivity index (χ1n) is 33.1. The van der Waals surface area contributed by atoms with Gasteiger partial charge in [0.15, 0.2) is 6.10 Å². The van der Waals surface area contributed by atoms with Gasteiger partial charge in [0.25, 0.3) is 0 Å². The van der Waals surface area contributed by atoms with Gasteiger partial charge in [-0.25, -0.2) is 0 Å². The van der Waals surface area contributed by atoms with Crippen molar-refractivity contribution in [3.05, 3.63) is 85.1 Å². The molecule has 0 aromatic heterocycles. The molecule has 0 saturated heterocycles. The second-order valence-electron chi connectivity index (χ2n) is 22.0. The second-order valence-corrected chi connectivity index (χ2v) is 22.0. The highest BCUT2D eigenvalue weighted by Crippen LogP contribution is 2.17. The summed E-state index contributed by atoms with van der Waals surface area (Å²) in [5.74, 6) is -0.878. The van der Waals surface area contributed by atoms with Crippen LogP contribution in [0.25, 0.3) is 0 Å². The Balaban J connectivity index is 4.38. The van der Waals surface area contributed by atoms with Gasteiger partial charge in [-0.2, -0.15) is 0 Å². The van der Waals surface area contributed by atoms with Gasteiger partial charge in [-0.1, -0.05) is 298 Å². The largest absolute Gasteiger partial charge is 0.462 e. The number of unbranched alkanes of at least 4 members (excludes halogenated alkanes) is 35. The number of carbonyl (C=O) groups excluding carboxylic acids is 3. The third-order valence-electron chi connectivity index (χ3n) is 14.4. The van der Waals surface area contributed by atoms with Crippen molar-refractivity contribution in [2.75, 3.05) is 13.2 Å². The molecule has 0 aliphatic heterocycles. The summed E-state index contributed by atoms with van der Waals surface area (Å²) >= 11 is 0. The molecule has 1 unspecified atom stereocenters. The lowest BCUT2D eigenvalue weighted by Gasteiger charge is -2.18. The van der Waals surface area contributed by atoms with Crippen LogP contribution in [0.1, 0.15) is 329 Å². The number of hydrogen-bond acceptors (Lipinski definition) is 6. The number of hydrogen-bond donors (Lipinski definition) is 0. The van der Waals surface area contributed by atoms with Gasteiger partial charge in [-0.15, -0.1) is 0 Å². The Morgan fingerprint density at radius 1 is 0.273 bits per heavy atom. The molecule has 0 aliphatic carbocycles. The van der Waals surface area contributed by atoms with Crippen molar-refractivity contribution < 1.29 is 28.6 Å². The van der Waals surface area contributed by atoms with Crippen molar-refractivity contribution >= 4 is 17.9 Å². The van der Waals surface area contributed by atoms with Gasteiger partial charge in [0.1, 0.15) is 13.2 Å². The molecule has 0 spiro atoms. The zero-order valence-corrected chi connectivity index (χ0v) is 51.0. The van der Waals surface area contributed by atoms with E-state index in [-0.39, 0.29) is 31.1 Å². The molecule has 77 heavy (non-hydrogen) atoms. The molecule has 0 bridgehead atoms. The standard InChI is InChI=1S/C71H124O6/c1-4-7-10-13-16-19-22-25-28-30-32-34-35-37-38-40-43-46-49-52-55-58-61-64-70(73)76-67-68(66-75-69(72)63-60-57-54-51-48-45-42-27-24-21-18-15-12-9-6-3)77-71(74)65-62-59-56-53-50-47-44-41-39-36-33-31-29-26-23-20-17-14-11-8-5-2/h7,10,16,19,23,25-26,28,31-34,37-38,68H,4-6,8-9,11-15,17-18,20-22,24,27,29-30,35-36,39-67H2,1-3H3/b10-7-,19-16-,26-23-,28-25-,33-31-,34-32-,38-37-. The molecular formula is C71H124O6. The van der Waals surface area contributed by atoms with Gasteiger partial charge in [0, 0.05) is 19.3 Å². The predicted molar refractivity (Wildman–Crippen MR) is 334 cm³/mol. The monoisotopic (exact) mass is 1070 g/mol. The Morgan fingerprint density at radius 2 is 0.506 bits per heavy atom. The number of allylic oxidation sites excluding steroid dienone is 14. The molecular weight excluding hydrogens is 949 g/mol. The first kappa shape index (κ1) is 73.6. The van der Waals surface area contributed by atoms with E-state index in [1.807, 2.05) is 0 Å². The Morgan fingerprint density at radius 3 is 0.792 bits per heavy atom. The summed E-state index contributed by atoms with van der Waals surface area (Å²) in [6.07, 6.45) is 85.8. The molecule has 0 aromatic carbocycles. The summed E-state index contributed by atoms with van der Waals surface area (Å²) in [7, 11) is 0. The normalized spacial score (nSPS) is 12.6. The average Bonchev–Trinajstić information content (AvgIpc) is 3.43. The molecule has 6 nitrogen and oxygen atoms in total. The van der Waals surface area contributed by atoms with Crippen LogP contribution in [0, 0.1) is 0 Å². The van der Waals surface area contributed by atoms with E-state index in [1.165, 1.54) is 186 Å². The van der Waals surface area contributed by atoms with Crippen LogP contribution >= 0.6 is 0 Å². The fraction of sp³-hybridized carbons (Fsp3) is 0.761. The summed E-state index contributed by atoms with van der Waals surface area (Å²) < 4.78 is 17.0. The summed E-state index contributed by atoms with van der Waals surface area (Å²) in [5.41, 5.74) is 0. The lowest BCUT2D eigenvalue weighted by atomic mass is 10.0. The average molecular weight is 1070 g/mol. The van der Waals surface area contributed by atoms with Crippen LogP contribution < -0.4 is 0 Å². The van der Waals surface area contributed by atoms with Crippen molar-refractivity contribution in [2.24, 2.45) is 0 Å². The van der Waals surface area contributed by atoms with Gasteiger partial charge in [-0.05, 0) is 96.3 Å². The van der Waals surface area contributed by atoms with E-state index < -0.39 is 6.10 Å². The van der Waals surface area contributed by atoms with Gasteiger partial charge >= 0.3 is 17.9 Å². The molecule has 0 aromatic rings. The predicted octanol–water partition coefficient (Wildman–Crippen LogP) is 22.7. The van der Waals surface area contributed by atoms with Crippen molar-refractivity contribution in [3.63, 3.8) is 0 Å². The van der Waals surface area contributed by atoms with E-state index >= 15 is 0 Å². The molecule has 0 heterocycles. The zero-order valence-electron chi connectivity index (χ0n) is 51.0. The van der Waals surface area contributed by atoms with E-state index in [0.29, 0.717) is 19.3 Å². The molecule has 0 aliphatic rings. The maximum Gasteiger partial charge on any atom is 0.306 e. The van der Waals surface area contributed by atoms with Crippen molar-refractivity contribution in [2.45, 2.75) is 335 Å². The van der Waals surface area contributed by atoms with Gasteiger partial charge < -0.3 is 14.2 Å². The fourth-order valence-electron chi connectivity index (χ4n) is 9.44. The molecule has 0 saturated carbocycles.